The van der Waals surface area contributed by atoms with E-state index in [4.69, 9.17) is 32.8 Å². The van der Waals surface area contributed by atoms with Gasteiger partial charge in [0.1, 0.15) is 60.5 Å². The Hall–Kier alpha value is -10.4. The molecule has 5 aromatic rings. The van der Waals surface area contributed by atoms with E-state index in [0.29, 0.717) is 33.4 Å². The first-order valence-corrected chi connectivity index (χ1v) is 33.5. The summed E-state index contributed by atoms with van der Waals surface area (Å²) in [6.45, 7) is 12.3. The molecule has 2 bridgehead atoms. The molecule has 4 heterocycles. The number of carbonyl (C=O) groups is 9. The number of Topliss-reactive ketones (excluding diaryl/α,β-unsaturated/α-hetero) is 1. The second-order valence-corrected chi connectivity index (χ2v) is 27.5. The maximum absolute atomic E-state index is 16.8. The number of benzene rings is 6. The van der Waals surface area contributed by atoms with Crippen molar-refractivity contribution < 1.29 is 91.3 Å². The predicted molar refractivity (Wildman–Crippen MR) is 360 cm³/mol. The Bertz CT molecular complexity index is 4560. The quantitative estimate of drug-likeness (QED) is 0.0192. The lowest BCUT2D eigenvalue weighted by atomic mass is 9.44. The van der Waals surface area contributed by atoms with Gasteiger partial charge in [0.15, 0.2) is 23.6 Å². The molecule has 518 valence electrons. The van der Waals surface area contributed by atoms with Crippen molar-refractivity contribution in [2.45, 2.75) is 134 Å². The molecule has 5 aromatic carbocycles. The molecule has 0 spiro atoms. The van der Waals surface area contributed by atoms with Crippen LogP contribution in [0.2, 0.25) is 0 Å². The fourth-order valence-electron chi connectivity index (χ4n) is 15.7. The topological polar surface area (TPSA) is 313 Å². The predicted octanol–water partition coefficient (Wildman–Crippen LogP) is 7.71. The third-order valence-electron chi connectivity index (χ3n) is 21.3. The lowest BCUT2D eigenvalue weighted by Crippen LogP contribution is -2.82. The van der Waals surface area contributed by atoms with Crippen LogP contribution >= 0.6 is 0 Å². The van der Waals surface area contributed by atoms with Crippen LogP contribution in [0.15, 0.2) is 161 Å². The van der Waals surface area contributed by atoms with Crippen LogP contribution in [-0.4, -0.2) is 155 Å². The number of ether oxygens (including phenoxy) is 6. The summed E-state index contributed by atoms with van der Waals surface area (Å²) in [6.07, 6.45) is -9.90. The second kappa shape index (κ2) is 26.4. The van der Waals surface area contributed by atoms with Gasteiger partial charge in [0.25, 0.3) is 11.8 Å². The average molecular weight is 1360 g/mol. The van der Waals surface area contributed by atoms with E-state index in [9.17, 15) is 44.1 Å². The van der Waals surface area contributed by atoms with Gasteiger partial charge >= 0.3 is 35.8 Å². The third kappa shape index (κ3) is 11.8. The maximum atomic E-state index is 16.8. The number of amides is 2. The zero-order chi connectivity index (χ0) is 70.9. The minimum absolute atomic E-state index is 0.0283. The Balaban J connectivity index is 0.881. The number of carbonyl (C=O) groups excluding carboxylic acids is 8. The highest BCUT2D eigenvalue weighted by Crippen LogP contribution is 2.65. The molecule has 2 saturated carbocycles. The molecule has 4 aliphatic carbocycles. The van der Waals surface area contributed by atoms with Gasteiger partial charge in [0, 0.05) is 90.7 Å². The fourth-order valence-corrected chi connectivity index (χ4v) is 15.7. The van der Waals surface area contributed by atoms with Gasteiger partial charge in [-0.25, -0.2) is 23.8 Å². The largest absolute Gasteiger partial charge is 0.478 e. The van der Waals surface area contributed by atoms with E-state index in [1.54, 1.807) is 78.9 Å². The van der Waals surface area contributed by atoms with Crippen molar-refractivity contribution in [3.8, 4) is 22.5 Å². The molecule has 23 heteroatoms. The highest BCUT2D eigenvalue weighted by atomic mass is 16.6. The Kier molecular flexibility index (Phi) is 18.0. The van der Waals surface area contributed by atoms with Crippen LogP contribution in [0, 0.1) is 16.7 Å². The van der Waals surface area contributed by atoms with Gasteiger partial charge in [0.05, 0.1) is 47.6 Å². The molecule has 2 amide bonds. The van der Waals surface area contributed by atoms with Crippen LogP contribution in [0.5, 0.6) is 0 Å². The van der Waals surface area contributed by atoms with E-state index < -0.39 is 150 Å². The third-order valence-corrected chi connectivity index (χ3v) is 21.3. The highest BCUT2D eigenvalue weighted by Gasteiger charge is 2.79. The van der Waals surface area contributed by atoms with Crippen LogP contribution in [0.1, 0.15) is 127 Å². The van der Waals surface area contributed by atoms with Gasteiger partial charge in [-0.1, -0.05) is 80.6 Å². The number of aliphatic hydroxyl groups excluding tert-OH is 1. The minimum atomic E-state index is -2.61. The fraction of sp³-hybridized carbons (Fsp3) is 0.377. The highest BCUT2D eigenvalue weighted by molar-refractivity contribution is 6.10. The summed E-state index contributed by atoms with van der Waals surface area (Å²) in [5, 5.41) is 44.3. The number of carboxylic acid groups (broad SMARTS) is 1. The van der Waals surface area contributed by atoms with Crippen LogP contribution in [0.3, 0.4) is 0 Å². The molecule has 3 saturated heterocycles. The van der Waals surface area contributed by atoms with Crippen LogP contribution in [0.25, 0.3) is 33.4 Å². The monoisotopic (exact) mass is 1360 g/mol. The molecule has 5 fully saturated rings. The Morgan fingerprint density at radius 3 is 1.99 bits per heavy atom. The van der Waals surface area contributed by atoms with E-state index in [0.717, 1.165) is 63.9 Å². The van der Waals surface area contributed by atoms with Gasteiger partial charge in [-0.15, -0.1) is 0 Å². The summed E-state index contributed by atoms with van der Waals surface area (Å²) in [7, 11) is 0. The summed E-state index contributed by atoms with van der Waals surface area (Å²) in [5.74, 6) is -10.4. The molecule has 13 rings (SSSR count). The smallest absolute Gasteiger partial charge is 0.338 e. The van der Waals surface area contributed by atoms with E-state index in [1.807, 2.05) is 36.4 Å². The minimum Gasteiger partial charge on any atom is -0.478 e. The van der Waals surface area contributed by atoms with Crippen molar-refractivity contribution in [2.75, 3.05) is 37.7 Å². The Labute approximate surface area is 575 Å². The van der Waals surface area contributed by atoms with Crippen molar-refractivity contribution in [1.82, 2.24) is 15.2 Å². The lowest BCUT2D eigenvalue weighted by Gasteiger charge is -2.67. The number of nitrogens with zero attached hydrogens (tertiary/aromatic N) is 2. The molecule has 2 unspecified atom stereocenters. The number of aliphatic hydroxyl groups is 2. The second-order valence-electron chi connectivity index (χ2n) is 27.5. The lowest BCUT2D eigenvalue weighted by molar-refractivity contribution is -0.346. The van der Waals surface area contributed by atoms with Crippen LogP contribution in [0.4, 0.5) is 5.69 Å². The molecular formula is C77H77N4O19+. The summed E-state index contributed by atoms with van der Waals surface area (Å²) in [4.78, 5) is 133. The molecule has 5 N–H and O–H groups in total. The number of rotatable bonds is 17. The van der Waals surface area contributed by atoms with Crippen molar-refractivity contribution in [2.24, 2.45) is 16.7 Å². The zero-order valence-electron chi connectivity index (χ0n) is 56.2. The number of fused-ring (bicyclic) bond motifs is 7. The van der Waals surface area contributed by atoms with Gasteiger partial charge in [-0.2, -0.15) is 0 Å². The van der Waals surface area contributed by atoms with Gasteiger partial charge in [-0.3, -0.25) is 24.0 Å². The summed E-state index contributed by atoms with van der Waals surface area (Å²) >= 11 is 0. The van der Waals surface area contributed by atoms with Crippen molar-refractivity contribution in [3.05, 3.63) is 190 Å². The number of ketones is 1. The molecular weight excluding hydrogens is 1280 g/mol. The molecule has 12 atom stereocenters. The molecule has 0 aromatic heterocycles. The summed E-state index contributed by atoms with van der Waals surface area (Å²) in [6, 6.07) is 36.5. The SMILES string of the molecule is CC(=O)O[C@H]1C(=O)[C@@]2(C)C(C(OC(=O)c3ccccc3)[C@]3(O)C[C@H](OC(=O)[C@H](O)[C@@H](NC(=O)c4ccccc4)c4ccccc4)C(C)=C1C3(C)C)[C@]1(OC(C)=O)CO[C@@H]1C[C@@H]2OC(=O)[C@H](C)NC(=O)c1ccc(C(=O)O)c(-c2c3ccc(=[N+]4CCC4)cc-3oc3cc(N4CCC4)ccc23)c1. The molecule has 100 heavy (non-hydrogen) atoms. The Morgan fingerprint density at radius 1 is 0.710 bits per heavy atom. The van der Waals surface area contributed by atoms with Crippen molar-refractivity contribution in [3.63, 3.8) is 0 Å². The number of nitrogens with one attached hydrogen (secondary N) is 2. The van der Waals surface area contributed by atoms with Crippen molar-refractivity contribution >= 4 is 70.1 Å². The number of anilines is 1. The van der Waals surface area contributed by atoms with Crippen molar-refractivity contribution in [1.29, 1.82) is 0 Å². The number of aromatic carboxylic acids is 1. The van der Waals surface area contributed by atoms with Crippen LogP contribution in [-0.2, 0) is 52.4 Å². The first-order valence-electron chi connectivity index (χ1n) is 33.5. The number of hydrogen-bond donors (Lipinski definition) is 5. The maximum Gasteiger partial charge on any atom is 0.338 e. The van der Waals surface area contributed by atoms with Gasteiger partial charge in [-0.05, 0) is 110 Å². The average Bonchev–Trinajstić information content (AvgIpc) is 0.667. The first-order chi connectivity index (χ1) is 47.7. The van der Waals surface area contributed by atoms with E-state index in [-0.39, 0.29) is 39.0 Å². The molecule has 23 nitrogen and oxygen atoms in total. The zero-order valence-corrected chi connectivity index (χ0v) is 56.2. The summed E-state index contributed by atoms with van der Waals surface area (Å²) in [5.41, 5.74) is -5.91. The molecule has 0 radical (unpaired) electrons. The number of hydrogen-bond acceptors (Lipinski definition) is 19. The molecule has 4 aliphatic heterocycles. The first kappa shape index (κ1) is 68.2. The Morgan fingerprint density at radius 2 is 1.38 bits per heavy atom. The van der Waals surface area contributed by atoms with Gasteiger partial charge in [0.2, 0.25) is 5.36 Å². The van der Waals surface area contributed by atoms with Crippen LogP contribution < -0.4 is 25.5 Å². The molecule has 8 aliphatic rings. The normalized spacial score (nSPS) is 25.8. The van der Waals surface area contributed by atoms with E-state index in [2.05, 4.69) is 20.1 Å². The summed E-state index contributed by atoms with van der Waals surface area (Å²) < 4.78 is 46.9. The number of carboxylic acids is 1. The number of esters is 5. The van der Waals surface area contributed by atoms with E-state index >= 15 is 14.4 Å². The standard InChI is InChI=1S/C77H76N4O19/c1-41-57(97-73(92)63(84)62(45-19-11-8-12-20-45)79-68(86)46-21-13-9-14-22-46)39-77(93)67(99-72(91)47-23-15-10-16-24-47)65-75(7,66(85)64(95-43(3)82)61(41)74(77,5)6)58(38-59-76(65,40-94-59)100-44(4)83)98-71(90)42(2)78-69(87)48-25-28-51(70(88)89)54(35-48)60-52-29-26-49(80-31-17-32-80)36-55(52)96-56-37-50(27-30-53(56)60)81-33-18-34-81/h8-16,19-30,35-37,42,57-59,62-65,67,84,93H,17-18,31-34,38-40H2,1-7H3,(H2-,78,79,86,87,88,89)/p+1/t42-,57-,58-,59+,62-,63+,64+,65?,67?,75+,76-,77+/m0/s1. The van der Waals surface area contributed by atoms with Gasteiger partial charge < -0.3 is 63.7 Å². The van der Waals surface area contributed by atoms with E-state index in [1.165, 1.54) is 65.0 Å².